The standard InChI is InChI=1S/C26H25Cl2N3O5S/c1-18-9-11-19(12-10-18)37(34,35)31(23-8-4-6-21(27)25(23)28)17-24(32)29-22-7-3-2-5-20(22)26(33)30-13-15-36-16-14-30/h2-12H,13-17H2,1H3,(H,29,32). The Bertz CT molecular complexity index is 1410. The SMILES string of the molecule is Cc1ccc(S(=O)(=O)N(CC(=O)Nc2ccccc2C(=O)N2CCOCC2)c2cccc(Cl)c2Cl)cc1. The number of rotatable bonds is 7. The summed E-state index contributed by atoms with van der Waals surface area (Å²) in [6.45, 7) is 2.99. The third kappa shape index (κ3) is 6.07. The maximum absolute atomic E-state index is 13.6. The first-order chi connectivity index (χ1) is 17.7. The summed E-state index contributed by atoms with van der Waals surface area (Å²) in [4.78, 5) is 28.0. The fraction of sp³-hybridized carbons (Fsp3) is 0.231. The Hall–Kier alpha value is -3.11. The molecular formula is C26H25Cl2N3O5S. The molecule has 0 aromatic heterocycles. The number of carbonyl (C=O) groups excluding carboxylic acids is 2. The summed E-state index contributed by atoms with van der Waals surface area (Å²) in [6.07, 6.45) is 0. The summed E-state index contributed by atoms with van der Waals surface area (Å²) >= 11 is 12.5. The van der Waals surface area contributed by atoms with Crippen molar-refractivity contribution in [3.8, 4) is 0 Å². The van der Waals surface area contributed by atoms with Gasteiger partial charge in [-0.05, 0) is 43.3 Å². The summed E-state index contributed by atoms with van der Waals surface area (Å²) in [6, 6.07) is 17.4. The second-order valence-electron chi connectivity index (χ2n) is 8.40. The van der Waals surface area contributed by atoms with E-state index < -0.39 is 22.5 Å². The number of ether oxygens (including phenoxy) is 1. The van der Waals surface area contributed by atoms with Crippen LogP contribution in [0.2, 0.25) is 10.0 Å². The maximum atomic E-state index is 13.6. The molecule has 11 heteroatoms. The number of aryl methyl sites for hydroxylation is 1. The summed E-state index contributed by atoms with van der Waals surface area (Å²) in [7, 11) is -4.20. The van der Waals surface area contributed by atoms with E-state index in [4.69, 9.17) is 27.9 Å². The van der Waals surface area contributed by atoms with Crippen LogP contribution < -0.4 is 9.62 Å². The number of carbonyl (C=O) groups is 2. The number of nitrogens with zero attached hydrogens (tertiary/aromatic N) is 2. The van der Waals surface area contributed by atoms with Crippen LogP contribution in [0.15, 0.2) is 71.6 Å². The van der Waals surface area contributed by atoms with Crippen molar-refractivity contribution >= 4 is 56.4 Å². The van der Waals surface area contributed by atoms with Gasteiger partial charge in [0.2, 0.25) is 5.91 Å². The zero-order valence-electron chi connectivity index (χ0n) is 20.0. The number of morpholine rings is 1. The molecule has 1 heterocycles. The molecule has 2 amide bonds. The van der Waals surface area contributed by atoms with Gasteiger partial charge in [-0.2, -0.15) is 0 Å². The highest BCUT2D eigenvalue weighted by Crippen LogP contribution is 2.35. The molecule has 0 bridgehead atoms. The van der Waals surface area contributed by atoms with Crippen LogP contribution in [0.25, 0.3) is 0 Å². The molecule has 1 saturated heterocycles. The van der Waals surface area contributed by atoms with Gasteiger partial charge in [0.1, 0.15) is 6.54 Å². The van der Waals surface area contributed by atoms with Crippen molar-refractivity contribution in [2.45, 2.75) is 11.8 Å². The van der Waals surface area contributed by atoms with Crippen molar-refractivity contribution in [1.29, 1.82) is 0 Å². The second-order valence-corrected chi connectivity index (χ2v) is 11.0. The Kier molecular flexibility index (Phi) is 8.39. The molecular weight excluding hydrogens is 537 g/mol. The Morgan fingerprint density at radius 3 is 2.35 bits per heavy atom. The van der Waals surface area contributed by atoms with Crippen LogP contribution in [0.4, 0.5) is 11.4 Å². The molecule has 1 fully saturated rings. The molecule has 4 rings (SSSR count). The van der Waals surface area contributed by atoms with Gasteiger partial charge in [0, 0.05) is 13.1 Å². The molecule has 0 atom stereocenters. The molecule has 3 aromatic rings. The van der Waals surface area contributed by atoms with E-state index in [1.54, 1.807) is 47.4 Å². The molecule has 194 valence electrons. The first-order valence-corrected chi connectivity index (χ1v) is 13.7. The zero-order chi connectivity index (χ0) is 26.6. The van der Waals surface area contributed by atoms with Crippen molar-refractivity contribution in [3.63, 3.8) is 0 Å². The van der Waals surface area contributed by atoms with E-state index in [-0.39, 0.29) is 32.2 Å². The van der Waals surface area contributed by atoms with E-state index in [0.29, 0.717) is 31.9 Å². The van der Waals surface area contributed by atoms with Gasteiger partial charge in [-0.15, -0.1) is 0 Å². The fourth-order valence-electron chi connectivity index (χ4n) is 3.86. The normalized spacial score (nSPS) is 13.8. The van der Waals surface area contributed by atoms with Crippen molar-refractivity contribution in [2.24, 2.45) is 0 Å². The molecule has 3 aromatic carbocycles. The molecule has 1 aliphatic rings. The maximum Gasteiger partial charge on any atom is 0.264 e. The van der Waals surface area contributed by atoms with Gasteiger partial charge in [-0.3, -0.25) is 13.9 Å². The molecule has 0 aliphatic carbocycles. The molecule has 1 N–H and O–H groups in total. The number of sulfonamides is 1. The van der Waals surface area contributed by atoms with Gasteiger partial charge in [-0.1, -0.05) is 59.1 Å². The smallest absolute Gasteiger partial charge is 0.264 e. The molecule has 0 unspecified atom stereocenters. The van der Waals surface area contributed by atoms with Crippen LogP contribution in [0.3, 0.4) is 0 Å². The Morgan fingerprint density at radius 2 is 1.65 bits per heavy atom. The summed E-state index contributed by atoms with van der Waals surface area (Å²) in [5, 5.41) is 2.84. The van der Waals surface area contributed by atoms with E-state index >= 15 is 0 Å². The Labute approximate surface area is 225 Å². The molecule has 8 nitrogen and oxygen atoms in total. The Balaban J connectivity index is 1.65. The van der Waals surface area contributed by atoms with E-state index in [1.165, 1.54) is 24.3 Å². The average Bonchev–Trinajstić information content (AvgIpc) is 2.90. The van der Waals surface area contributed by atoms with Crippen molar-refractivity contribution < 1.29 is 22.7 Å². The van der Waals surface area contributed by atoms with Crippen molar-refractivity contribution in [2.75, 3.05) is 42.5 Å². The quantitative estimate of drug-likeness (QED) is 0.454. The van der Waals surface area contributed by atoms with E-state index in [1.807, 2.05) is 6.92 Å². The first-order valence-electron chi connectivity index (χ1n) is 11.5. The predicted molar refractivity (Wildman–Crippen MR) is 144 cm³/mol. The number of hydrogen-bond donors (Lipinski definition) is 1. The third-order valence-corrected chi connectivity index (χ3v) is 8.41. The lowest BCUT2D eigenvalue weighted by molar-refractivity contribution is -0.114. The van der Waals surface area contributed by atoms with Crippen LogP contribution in [-0.4, -0.2) is 58.0 Å². The minimum absolute atomic E-state index is 0.00412. The summed E-state index contributed by atoms with van der Waals surface area (Å²) in [5.41, 5.74) is 1.51. The van der Waals surface area contributed by atoms with Crippen LogP contribution >= 0.6 is 23.2 Å². The van der Waals surface area contributed by atoms with Crippen molar-refractivity contribution in [3.05, 3.63) is 87.9 Å². The highest BCUT2D eigenvalue weighted by molar-refractivity contribution is 7.92. The highest BCUT2D eigenvalue weighted by Gasteiger charge is 2.30. The van der Waals surface area contributed by atoms with Gasteiger partial charge in [0.15, 0.2) is 0 Å². The predicted octanol–water partition coefficient (Wildman–Crippen LogP) is 4.61. The van der Waals surface area contributed by atoms with E-state index in [2.05, 4.69) is 5.32 Å². The average molecular weight is 562 g/mol. The van der Waals surface area contributed by atoms with Crippen LogP contribution in [0, 0.1) is 6.92 Å². The zero-order valence-corrected chi connectivity index (χ0v) is 22.3. The largest absolute Gasteiger partial charge is 0.378 e. The molecule has 0 spiro atoms. The van der Waals surface area contributed by atoms with Gasteiger partial charge in [0.05, 0.1) is 45.1 Å². The topological polar surface area (TPSA) is 96.0 Å². The van der Waals surface area contributed by atoms with Crippen LogP contribution in [0.5, 0.6) is 0 Å². The number of nitrogens with one attached hydrogen (secondary N) is 1. The first kappa shape index (κ1) is 26.9. The monoisotopic (exact) mass is 561 g/mol. The van der Waals surface area contributed by atoms with Gasteiger partial charge >= 0.3 is 0 Å². The second kappa shape index (κ2) is 11.5. The third-order valence-electron chi connectivity index (χ3n) is 5.83. The summed E-state index contributed by atoms with van der Waals surface area (Å²) < 4.78 is 33.5. The molecule has 1 aliphatic heterocycles. The minimum Gasteiger partial charge on any atom is -0.378 e. The summed E-state index contributed by atoms with van der Waals surface area (Å²) in [5.74, 6) is -0.907. The number of halogens is 2. The molecule has 0 radical (unpaired) electrons. The number of benzene rings is 3. The van der Waals surface area contributed by atoms with Crippen LogP contribution in [0.1, 0.15) is 15.9 Å². The van der Waals surface area contributed by atoms with Gasteiger partial charge < -0.3 is 15.0 Å². The van der Waals surface area contributed by atoms with Gasteiger partial charge in [0.25, 0.3) is 15.9 Å². The lowest BCUT2D eigenvalue weighted by Crippen LogP contribution is -2.41. The van der Waals surface area contributed by atoms with E-state index in [9.17, 15) is 18.0 Å². The lowest BCUT2D eigenvalue weighted by atomic mass is 10.1. The molecule has 0 saturated carbocycles. The number of amides is 2. The Morgan fingerprint density at radius 1 is 0.973 bits per heavy atom. The fourth-order valence-corrected chi connectivity index (χ4v) is 5.74. The van der Waals surface area contributed by atoms with Crippen molar-refractivity contribution in [1.82, 2.24) is 4.90 Å². The lowest BCUT2D eigenvalue weighted by Gasteiger charge is -2.28. The highest BCUT2D eigenvalue weighted by atomic mass is 35.5. The van der Waals surface area contributed by atoms with Gasteiger partial charge in [-0.25, -0.2) is 8.42 Å². The minimum atomic E-state index is -4.20. The van der Waals surface area contributed by atoms with E-state index in [0.717, 1.165) is 9.87 Å². The molecule has 37 heavy (non-hydrogen) atoms. The van der Waals surface area contributed by atoms with Crippen LogP contribution in [-0.2, 0) is 19.6 Å². The number of para-hydroxylation sites is 1. The number of hydrogen-bond acceptors (Lipinski definition) is 5. The number of anilines is 2.